The molecule has 1 aliphatic rings. The van der Waals surface area contributed by atoms with Gasteiger partial charge in [0.1, 0.15) is 11.3 Å². The van der Waals surface area contributed by atoms with Crippen molar-refractivity contribution in [3.05, 3.63) is 70.6 Å². The number of sulfonamides is 1. The van der Waals surface area contributed by atoms with E-state index in [9.17, 15) is 13.2 Å². The average Bonchev–Trinajstić information content (AvgIpc) is 2.75. The van der Waals surface area contributed by atoms with E-state index in [2.05, 4.69) is 4.90 Å². The second-order valence-electron chi connectivity index (χ2n) is 7.21. The van der Waals surface area contributed by atoms with Crippen molar-refractivity contribution < 1.29 is 17.6 Å². The van der Waals surface area contributed by atoms with Crippen LogP contribution in [0, 0.1) is 0 Å². The van der Waals surface area contributed by atoms with E-state index in [4.69, 9.17) is 9.15 Å². The number of rotatable bonds is 6. The first-order chi connectivity index (χ1) is 14.5. The van der Waals surface area contributed by atoms with E-state index in [0.29, 0.717) is 43.8 Å². The van der Waals surface area contributed by atoms with Crippen molar-refractivity contribution in [2.24, 2.45) is 0 Å². The molecule has 4 rings (SSSR count). The molecule has 30 heavy (non-hydrogen) atoms. The first kappa shape index (κ1) is 20.6. The van der Waals surface area contributed by atoms with Crippen LogP contribution in [0.15, 0.2) is 68.7 Å². The van der Waals surface area contributed by atoms with Crippen LogP contribution in [0.4, 0.5) is 0 Å². The molecule has 0 aliphatic carbocycles. The van der Waals surface area contributed by atoms with E-state index in [0.717, 1.165) is 12.3 Å². The molecule has 0 bridgehead atoms. The molecule has 2 aromatic carbocycles. The smallest absolute Gasteiger partial charge is 0.336 e. The number of ether oxygens (including phenoxy) is 1. The van der Waals surface area contributed by atoms with E-state index >= 15 is 0 Å². The van der Waals surface area contributed by atoms with Gasteiger partial charge in [0, 0.05) is 44.2 Å². The fraction of sp³-hybridized carbons (Fsp3) is 0.318. The third kappa shape index (κ3) is 4.40. The number of piperazine rings is 1. The van der Waals surface area contributed by atoms with Gasteiger partial charge in [0.05, 0.1) is 11.5 Å². The lowest BCUT2D eigenvalue weighted by atomic mass is 10.2. The van der Waals surface area contributed by atoms with Crippen molar-refractivity contribution in [2.75, 3.05) is 32.8 Å². The Morgan fingerprint density at radius 1 is 0.967 bits per heavy atom. The average molecular weight is 429 g/mol. The van der Waals surface area contributed by atoms with Crippen molar-refractivity contribution >= 4 is 21.0 Å². The molecule has 1 aliphatic heterocycles. The van der Waals surface area contributed by atoms with Gasteiger partial charge in [0.25, 0.3) is 0 Å². The SMILES string of the molecule is CCOc1ccc(CN2CCN(S(=O)(=O)c3ccc4oc(=O)ccc4c3)CC2)cc1. The molecular weight excluding hydrogens is 404 g/mol. The summed E-state index contributed by atoms with van der Waals surface area (Å²) < 4.78 is 38.2. The first-order valence-corrected chi connectivity index (χ1v) is 11.4. The van der Waals surface area contributed by atoms with Crippen LogP contribution < -0.4 is 10.4 Å². The Bertz CT molecular complexity index is 1180. The summed E-state index contributed by atoms with van der Waals surface area (Å²) in [7, 11) is -3.60. The molecule has 1 aromatic heterocycles. The Morgan fingerprint density at radius 3 is 2.40 bits per heavy atom. The van der Waals surface area contributed by atoms with Crippen LogP contribution in [0.25, 0.3) is 11.0 Å². The van der Waals surface area contributed by atoms with E-state index in [1.165, 1.54) is 28.1 Å². The summed E-state index contributed by atoms with van der Waals surface area (Å²) in [6.45, 7) is 5.56. The van der Waals surface area contributed by atoms with Gasteiger partial charge < -0.3 is 9.15 Å². The van der Waals surface area contributed by atoms with Crippen LogP contribution in [-0.4, -0.2) is 50.4 Å². The maximum Gasteiger partial charge on any atom is 0.336 e. The van der Waals surface area contributed by atoms with Gasteiger partial charge in [-0.3, -0.25) is 4.90 Å². The van der Waals surface area contributed by atoms with Crippen LogP contribution in [-0.2, 0) is 16.6 Å². The highest BCUT2D eigenvalue weighted by atomic mass is 32.2. The zero-order chi connectivity index (χ0) is 21.1. The van der Waals surface area contributed by atoms with Crippen LogP contribution in [0.2, 0.25) is 0 Å². The third-order valence-corrected chi connectivity index (χ3v) is 7.09. The molecule has 0 spiro atoms. The van der Waals surface area contributed by atoms with Crippen LogP contribution in [0.3, 0.4) is 0 Å². The quantitative estimate of drug-likeness (QED) is 0.562. The Morgan fingerprint density at radius 2 is 1.70 bits per heavy atom. The first-order valence-electron chi connectivity index (χ1n) is 9.94. The third-order valence-electron chi connectivity index (χ3n) is 5.20. The van der Waals surface area contributed by atoms with Crippen molar-refractivity contribution in [3.8, 4) is 5.75 Å². The Labute approximate surface area is 175 Å². The minimum absolute atomic E-state index is 0.212. The minimum atomic E-state index is -3.60. The summed E-state index contributed by atoms with van der Waals surface area (Å²) in [6.07, 6.45) is 0. The summed E-state index contributed by atoms with van der Waals surface area (Å²) in [5.74, 6) is 0.854. The molecule has 7 nitrogen and oxygen atoms in total. The standard InChI is InChI=1S/C22H24N2O5S/c1-2-28-19-6-3-17(4-7-19)16-23-11-13-24(14-12-23)30(26,27)20-8-9-21-18(15-20)5-10-22(25)29-21/h3-10,15H,2,11-14,16H2,1H3. The summed E-state index contributed by atoms with van der Waals surface area (Å²) in [6, 6.07) is 15.5. The molecule has 0 saturated carbocycles. The van der Waals surface area contributed by atoms with Crippen LogP contribution in [0.1, 0.15) is 12.5 Å². The second-order valence-corrected chi connectivity index (χ2v) is 9.15. The second kappa shape index (κ2) is 8.59. The summed E-state index contributed by atoms with van der Waals surface area (Å²) in [5, 5.41) is 0.588. The van der Waals surface area contributed by atoms with Gasteiger partial charge in [-0.1, -0.05) is 12.1 Å². The number of hydrogen-bond donors (Lipinski definition) is 0. The summed E-state index contributed by atoms with van der Waals surface area (Å²) >= 11 is 0. The molecule has 0 atom stereocenters. The number of benzene rings is 2. The maximum absolute atomic E-state index is 13.1. The zero-order valence-corrected chi connectivity index (χ0v) is 17.6. The molecule has 0 amide bonds. The molecule has 2 heterocycles. The van der Waals surface area contributed by atoms with Gasteiger partial charge in [0.2, 0.25) is 10.0 Å². The predicted octanol–water partition coefficient (Wildman–Crippen LogP) is 2.70. The van der Waals surface area contributed by atoms with Crippen molar-refractivity contribution in [3.63, 3.8) is 0 Å². The van der Waals surface area contributed by atoms with E-state index in [1.54, 1.807) is 12.1 Å². The molecular formula is C22H24N2O5S. The minimum Gasteiger partial charge on any atom is -0.494 e. The van der Waals surface area contributed by atoms with Crippen molar-refractivity contribution in [1.29, 1.82) is 0 Å². The maximum atomic E-state index is 13.1. The highest BCUT2D eigenvalue weighted by molar-refractivity contribution is 7.89. The van der Waals surface area contributed by atoms with Crippen molar-refractivity contribution in [1.82, 2.24) is 9.21 Å². The number of hydrogen-bond acceptors (Lipinski definition) is 6. The van der Waals surface area contributed by atoms with Gasteiger partial charge in [-0.2, -0.15) is 4.31 Å². The zero-order valence-electron chi connectivity index (χ0n) is 16.8. The molecule has 0 unspecified atom stereocenters. The summed E-state index contributed by atoms with van der Waals surface area (Å²) in [4.78, 5) is 13.8. The molecule has 1 saturated heterocycles. The number of fused-ring (bicyclic) bond motifs is 1. The Balaban J connectivity index is 1.41. The lowest BCUT2D eigenvalue weighted by Crippen LogP contribution is -2.48. The van der Waals surface area contributed by atoms with E-state index in [-0.39, 0.29) is 4.90 Å². The van der Waals surface area contributed by atoms with Gasteiger partial charge in [-0.05, 0) is 48.9 Å². The van der Waals surface area contributed by atoms with Gasteiger partial charge in [0.15, 0.2) is 0 Å². The lowest BCUT2D eigenvalue weighted by Gasteiger charge is -2.34. The van der Waals surface area contributed by atoms with Gasteiger partial charge in [-0.25, -0.2) is 13.2 Å². The highest BCUT2D eigenvalue weighted by Gasteiger charge is 2.28. The van der Waals surface area contributed by atoms with Crippen molar-refractivity contribution in [2.45, 2.75) is 18.4 Å². The van der Waals surface area contributed by atoms with E-state index < -0.39 is 15.6 Å². The van der Waals surface area contributed by atoms with Crippen LogP contribution >= 0.6 is 0 Å². The van der Waals surface area contributed by atoms with Crippen LogP contribution in [0.5, 0.6) is 5.75 Å². The highest BCUT2D eigenvalue weighted by Crippen LogP contribution is 2.23. The molecule has 0 N–H and O–H groups in total. The van der Waals surface area contributed by atoms with E-state index in [1.807, 2.05) is 31.2 Å². The molecule has 1 fully saturated rings. The predicted molar refractivity (Wildman–Crippen MR) is 114 cm³/mol. The lowest BCUT2D eigenvalue weighted by molar-refractivity contribution is 0.181. The van der Waals surface area contributed by atoms with Gasteiger partial charge in [-0.15, -0.1) is 0 Å². The Hall–Kier alpha value is -2.68. The molecule has 3 aromatic rings. The van der Waals surface area contributed by atoms with Gasteiger partial charge >= 0.3 is 5.63 Å². The molecule has 0 radical (unpaired) electrons. The fourth-order valence-electron chi connectivity index (χ4n) is 3.60. The topological polar surface area (TPSA) is 80.1 Å². The number of nitrogens with zero attached hydrogens (tertiary/aromatic N) is 2. The largest absolute Gasteiger partial charge is 0.494 e. The molecule has 158 valence electrons. The molecule has 8 heteroatoms. The Kier molecular flexibility index (Phi) is 5.90. The monoisotopic (exact) mass is 428 g/mol. The summed E-state index contributed by atoms with van der Waals surface area (Å²) in [5.41, 5.74) is 1.09. The fourth-order valence-corrected chi connectivity index (χ4v) is 5.06. The normalized spacial score (nSPS) is 16.0.